The standard InChI is InChI=1S/C7H8ClNO4S2/c1-9-5-3(2-4(10)11)14-7(8)6(5)15(12)13/h9H,2H2,1H3,(H,10,11)(H,12,13)/p-1. The highest BCUT2D eigenvalue weighted by Crippen LogP contribution is 2.39. The van der Waals surface area contributed by atoms with Gasteiger partial charge in [-0.25, -0.2) is 0 Å². The summed E-state index contributed by atoms with van der Waals surface area (Å²) >= 11 is 4.18. The van der Waals surface area contributed by atoms with Gasteiger partial charge in [0.15, 0.2) is 0 Å². The Labute approximate surface area is 97.4 Å². The number of hydrogen-bond acceptors (Lipinski definition) is 5. The first-order valence-corrected chi connectivity index (χ1v) is 6.04. The van der Waals surface area contributed by atoms with Crippen molar-refractivity contribution in [1.82, 2.24) is 0 Å². The maximum Gasteiger partial charge on any atom is 0.308 e. The zero-order valence-corrected chi connectivity index (χ0v) is 9.96. The molecular formula is C7H7ClNO4S2-. The minimum absolute atomic E-state index is 0.0691. The summed E-state index contributed by atoms with van der Waals surface area (Å²) in [5, 5.41) is 11.2. The van der Waals surface area contributed by atoms with Gasteiger partial charge in [-0.05, 0) is 11.1 Å². The van der Waals surface area contributed by atoms with Crippen molar-refractivity contribution in [3.63, 3.8) is 0 Å². The molecule has 0 aliphatic rings. The van der Waals surface area contributed by atoms with Crippen LogP contribution in [-0.2, 0) is 22.3 Å². The number of carboxylic acids is 1. The minimum Gasteiger partial charge on any atom is -0.768 e. The summed E-state index contributed by atoms with van der Waals surface area (Å²) in [4.78, 5) is 10.8. The van der Waals surface area contributed by atoms with Gasteiger partial charge >= 0.3 is 5.97 Å². The molecule has 1 aromatic rings. The molecule has 0 saturated carbocycles. The van der Waals surface area contributed by atoms with E-state index in [0.717, 1.165) is 11.3 Å². The molecule has 5 nitrogen and oxygen atoms in total. The zero-order valence-electron chi connectivity index (χ0n) is 7.57. The van der Waals surface area contributed by atoms with Crippen molar-refractivity contribution in [2.24, 2.45) is 0 Å². The molecular weight excluding hydrogens is 262 g/mol. The Kier molecular flexibility index (Phi) is 4.09. The summed E-state index contributed by atoms with van der Waals surface area (Å²) in [6.45, 7) is 0. The van der Waals surface area contributed by atoms with Crippen LogP contribution in [0.5, 0.6) is 0 Å². The van der Waals surface area contributed by atoms with E-state index in [1.807, 2.05) is 0 Å². The van der Waals surface area contributed by atoms with E-state index in [1.54, 1.807) is 0 Å². The van der Waals surface area contributed by atoms with Crippen LogP contribution in [0.4, 0.5) is 5.69 Å². The average molecular weight is 269 g/mol. The van der Waals surface area contributed by atoms with E-state index in [4.69, 9.17) is 16.7 Å². The zero-order chi connectivity index (χ0) is 11.6. The van der Waals surface area contributed by atoms with E-state index >= 15 is 0 Å². The number of thiophene rings is 1. The van der Waals surface area contributed by atoms with Gasteiger partial charge in [0.25, 0.3) is 0 Å². The highest BCUT2D eigenvalue weighted by molar-refractivity contribution is 7.79. The van der Waals surface area contributed by atoms with Crippen LogP contribution in [0.25, 0.3) is 0 Å². The Hall–Kier alpha value is -0.630. The van der Waals surface area contributed by atoms with Gasteiger partial charge < -0.3 is 15.0 Å². The molecule has 8 heteroatoms. The highest BCUT2D eigenvalue weighted by atomic mass is 35.5. The molecule has 0 aliphatic heterocycles. The summed E-state index contributed by atoms with van der Waals surface area (Å²) < 4.78 is 21.7. The molecule has 0 spiro atoms. The van der Waals surface area contributed by atoms with Crippen LogP contribution in [0.15, 0.2) is 4.90 Å². The summed E-state index contributed by atoms with van der Waals surface area (Å²) in [6, 6.07) is 0. The molecule has 1 aromatic heterocycles. The Morgan fingerprint density at radius 3 is 2.73 bits per heavy atom. The van der Waals surface area contributed by atoms with E-state index in [1.165, 1.54) is 7.05 Å². The maximum absolute atomic E-state index is 10.8. The van der Waals surface area contributed by atoms with Crippen molar-refractivity contribution < 1.29 is 18.7 Å². The van der Waals surface area contributed by atoms with Gasteiger partial charge in [-0.2, -0.15) is 0 Å². The van der Waals surface area contributed by atoms with Gasteiger partial charge in [-0.1, -0.05) is 11.6 Å². The second-order valence-electron chi connectivity index (χ2n) is 2.56. The lowest BCUT2D eigenvalue weighted by Gasteiger charge is -2.08. The second kappa shape index (κ2) is 4.93. The third-order valence-electron chi connectivity index (χ3n) is 1.63. The molecule has 0 fully saturated rings. The Morgan fingerprint density at radius 1 is 1.73 bits per heavy atom. The first-order chi connectivity index (χ1) is 6.97. The van der Waals surface area contributed by atoms with Crippen LogP contribution in [0, 0.1) is 0 Å². The fraction of sp³-hybridized carbons (Fsp3) is 0.286. The molecule has 2 N–H and O–H groups in total. The van der Waals surface area contributed by atoms with E-state index in [9.17, 15) is 13.6 Å². The Morgan fingerprint density at radius 2 is 2.33 bits per heavy atom. The summed E-state index contributed by atoms with van der Waals surface area (Å²) in [5.74, 6) is -1.03. The quantitative estimate of drug-likeness (QED) is 0.804. The lowest BCUT2D eigenvalue weighted by molar-refractivity contribution is -0.136. The van der Waals surface area contributed by atoms with Crippen LogP contribution < -0.4 is 5.32 Å². The third-order valence-corrected chi connectivity index (χ3v) is 4.01. The molecule has 0 aromatic carbocycles. The summed E-state index contributed by atoms with van der Waals surface area (Å²) in [6.07, 6.45) is -0.252. The fourth-order valence-electron chi connectivity index (χ4n) is 1.09. The van der Waals surface area contributed by atoms with Gasteiger partial charge in [0.2, 0.25) is 0 Å². The van der Waals surface area contributed by atoms with E-state index in [-0.39, 0.29) is 21.3 Å². The molecule has 1 atom stereocenters. The molecule has 15 heavy (non-hydrogen) atoms. The number of carbonyl (C=O) groups is 1. The Bertz CT molecular complexity index is 417. The topological polar surface area (TPSA) is 89.5 Å². The SMILES string of the molecule is CNc1c(CC(=O)O)sc(Cl)c1S(=O)[O-]. The molecule has 1 rings (SSSR count). The average Bonchev–Trinajstić information content (AvgIpc) is 2.40. The van der Waals surface area contributed by atoms with Gasteiger partial charge in [-0.3, -0.25) is 9.00 Å². The predicted molar refractivity (Wildman–Crippen MR) is 57.4 cm³/mol. The molecule has 0 bridgehead atoms. The first-order valence-electron chi connectivity index (χ1n) is 3.77. The van der Waals surface area contributed by atoms with Gasteiger partial charge in [0.1, 0.15) is 4.34 Å². The van der Waals surface area contributed by atoms with Crippen LogP contribution in [0.1, 0.15) is 4.88 Å². The molecule has 1 heterocycles. The monoisotopic (exact) mass is 268 g/mol. The lowest BCUT2D eigenvalue weighted by Crippen LogP contribution is -2.02. The van der Waals surface area contributed by atoms with Crippen molar-refractivity contribution in [3.05, 3.63) is 9.21 Å². The Balaban J connectivity index is 3.24. The smallest absolute Gasteiger partial charge is 0.308 e. The molecule has 0 radical (unpaired) electrons. The van der Waals surface area contributed by atoms with E-state index < -0.39 is 17.0 Å². The number of carboxylic acid groups (broad SMARTS) is 1. The molecule has 84 valence electrons. The summed E-state index contributed by atoms with van der Waals surface area (Å²) in [5.41, 5.74) is 0.265. The molecule has 0 saturated heterocycles. The number of rotatable bonds is 4. The van der Waals surface area contributed by atoms with Crippen LogP contribution >= 0.6 is 22.9 Å². The van der Waals surface area contributed by atoms with E-state index in [0.29, 0.717) is 4.88 Å². The molecule has 0 amide bonds. The number of anilines is 1. The van der Waals surface area contributed by atoms with Crippen molar-refractivity contribution in [3.8, 4) is 0 Å². The van der Waals surface area contributed by atoms with Gasteiger partial charge in [-0.15, -0.1) is 11.3 Å². The number of hydrogen-bond donors (Lipinski definition) is 2. The first kappa shape index (κ1) is 12.4. The normalized spacial score (nSPS) is 12.5. The van der Waals surface area contributed by atoms with Crippen LogP contribution in [0.3, 0.4) is 0 Å². The number of aliphatic carboxylic acids is 1. The van der Waals surface area contributed by atoms with Gasteiger partial charge in [0, 0.05) is 11.9 Å². The fourth-order valence-corrected chi connectivity index (χ4v) is 3.49. The molecule has 1 unspecified atom stereocenters. The lowest BCUT2D eigenvalue weighted by atomic mass is 10.3. The highest BCUT2D eigenvalue weighted by Gasteiger charge is 2.18. The van der Waals surface area contributed by atoms with Crippen LogP contribution in [-0.4, -0.2) is 26.9 Å². The number of nitrogens with one attached hydrogen (secondary N) is 1. The van der Waals surface area contributed by atoms with Crippen LogP contribution in [0.2, 0.25) is 4.34 Å². The number of halogens is 1. The van der Waals surface area contributed by atoms with Gasteiger partial charge in [0.05, 0.1) is 17.0 Å². The maximum atomic E-state index is 10.8. The third kappa shape index (κ3) is 2.69. The van der Waals surface area contributed by atoms with Crippen molar-refractivity contribution in [1.29, 1.82) is 0 Å². The second-order valence-corrected chi connectivity index (χ2v) is 5.14. The predicted octanol–water partition coefficient (Wildman–Crippen LogP) is 1.31. The largest absolute Gasteiger partial charge is 0.768 e. The minimum atomic E-state index is -2.47. The molecule has 0 aliphatic carbocycles. The van der Waals surface area contributed by atoms with Crippen molar-refractivity contribution in [2.75, 3.05) is 12.4 Å². The summed E-state index contributed by atoms with van der Waals surface area (Å²) in [7, 11) is 1.51. The van der Waals surface area contributed by atoms with Crippen molar-refractivity contribution >= 4 is 45.7 Å². The van der Waals surface area contributed by atoms with Crippen molar-refractivity contribution in [2.45, 2.75) is 11.3 Å². The van der Waals surface area contributed by atoms with E-state index in [2.05, 4.69) is 5.32 Å².